The number of piperidine rings is 1. The maximum Gasteiger partial charge on any atom is 0.410 e. The summed E-state index contributed by atoms with van der Waals surface area (Å²) in [5.41, 5.74) is 9.10. The molecule has 0 radical (unpaired) electrons. The van der Waals surface area contributed by atoms with Crippen molar-refractivity contribution >= 4 is 35.4 Å². The molecular formula is C28H39N7O7. The van der Waals surface area contributed by atoms with Crippen LogP contribution in [0.2, 0.25) is 0 Å². The van der Waals surface area contributed by atoms with Crippen molar-refractivity contribution in [1.29, 1.82) is 0 Å². The second-order valence-corrected chi connectivity index (χ2v) is 11.2. The lowest BCUT2D eigenvalue weighted by Gasteiger charge is -2.29. The minimum atomic E-state index is -0.731. The number of nitrogens with zero attached hydrogens (tertiary/aromatic N) is 5. The number of azide groups is 1. The number of carbonyl (C=O) groups is 5. The number of fused-ring (bicyclic) bond motifs is 1. The van der Waals surface area contributed by atoms with Gasteiger partial charge in [-0.05, 0) is 82.2 Å². The number of hydrogen-bond donors (Lipinski definition) is 2. The third-order valence-electron chi connectivity index (χ3n) is 6.62. The van der Waals surface area contributed by atoms with E-state index < -0.39 is 29.6 Å². The van der Waals surface area contributed by atoms with Crippen LogP contribution in [-0.2, 0) is 30.4 Å². The maximum atomic E-state index is 12.9. The Bertz CT molecular complexity index is 1220. The number of unbranched alkanes of at least 4 members (excludes halogenated alkanes) is 2. The van der Waals surface area contributed by atoms with Gasteiger partial charge in [-0.1, -0.05) is 5.11 Å². The Balaban J connectivity index is 1.53. The van der Waals surface area contributed by atoms with E-state index in [4.69, 9.17) is 15.0 Å². The molecule has 1 fully saturated rings. The summed E-state index contributed by atoms with van der Waals surface area (Å²) in [5, 5.41) is 8.54. The van der Waals surface area contributed by atoms with E-state index in [1.54, 1.807) is 39.0 Å². The van der Waals surface area contributed by atoms with Crippen molar-refractivity contribution in [2.45, 2.75) is 77.5 Å². The van der Waals surface area contributed by atoms with Crippen LogP contribution in [0.5, 0.6) is 0 Å². The Labute approximate surface area is 244 Å². The van der Waals surface area contributed by atoms with Crippen LogP contribution in [0.4, 0.5) is 10.5 Å². The Morgan fingerprint density at radius 1 is 1.17 bits per heavy atom. The Morgan fingerprint density at radius 2 is 1.90 bits per heavy atom. The highest BCUT2D eigenvalue weighted by Crippen LogP contribution is 2.29. The van der Waals surface area contributed by atoms with Crippen LogP contribution in [0.15, 0.2) is 23.3 Å². The molecule has 0 bridgehead atoms. The van der Waals surface area contributed by atoms with E-state index >= 15 is 0 Å². The summed E-state index contributed by atoms with van der Waals surface area (Å²) >= 11 is 0. The van der Waals surface area contributed by atoms with E-state index in [-0.39, 0.29) is 37.7 Å². The summed E-state index contributed by atoms with van der Waals surface area (Å²) in [6.07, 6.45) is 2.65. The number of carbonyl (C=O) groups excluding carboxylic acids is 5. The normalized spacial score (nSPS) is 16.4. The number of amides is 5. The van der Waals surface area contributed by atoms with E-state index in [9.17, 15) is 24.0 Å². The number of imide groups is 1. The second-order valence-electron chi connectivity index (χ2n) is 11.2. The highest BCUT2D eigenvalue weighted by Gasteiger charge is 2.39. The molecule has 1 unspecified atom stereocenters. The lowest BCUT2D eigenvalue weighted by atomic mass is 10.0. The van der Waals surface area contributed by atoms with E-state index in [0.717, 1.165) is 12.8 Å². The first kappa shape index (κ1) is 32.4. The Hall–Kier alpha value is -4.16. The number of ether oxygens (including phenoxy) is 2. The van der Waals surface area contributed by atoms with E-state index in [1.165, 1.54) is 9.80 Å². The zero-order chi connectivity index (χ0) is 30.7. The topological polar surface area (TPSA) is 183 Å². The first-order valence-corrected chi connectivity index (χ1v) is 14.1. The fourth-order valence-electron chi connectivity index (χ4n) is 4.63. The molecule has 3 rings (SSSR count). The van der Waals surface area contributed by atoms with Crippen molar-refractivity contribution in [3.63, 3.8) is 0 Å². The first-order chi connectivity index (χ1) is 20.0. The van der Waals surface area contributed by atoms with E-state index in [1.807, 2.05) is 0 Å². The zero-order valence-electron chi connectivity index (χ0n) is 24.4. The standard InChI is InChI=1S/C28H39N7O7/c1-28(2,3)42-27(40)34(13-5-7-15-41-14-6-4-12-30-33-29)18-24(37)31-20-8-9-21-19(16-20)17-35(26(21)39)22-10-11-23(36)32-25(22)38/h8-9,16,22H,4-7,10-15,17-18H2,1-3H3,(H,31,37)(H,32,36,38). The van der Waals surface area contributed by atoms with Crippen LogP contribution in [-0.4, -0.2) is 84.0 Å². The minimum Gasteiger partial charge on any atom is -0.444 e. The summed E-state index contributed by atoms with van der Waals surface area (Å²) in [4.78, 5) is 68.0. The third kappa shape index (κ3) is 9.74. The smallest absolute Gasteiger partial charge is 0.410 e. The molecule has 1 atom stereocenters. The van der Waals surface area contributed by atoms with Gasteiger partial charge in [0.15, 0.2) is 0 Å². The number of benzene rings is 1. The molecule has 2 heterocycles. The van der Waals surface area contributed by atoms with E-state index in [0.29, 0.717) is 56.0 Å². The molecule has 14 nitrogen and oxygen atoms in total. The first-order valence-electron chi connectivity index (χ1n) is 14.1. The van der Waals surface area contributed by atoms with E-state index in [2.05, 4.69) is 20.7 Å². The molecule has 1 aromatic rings. The van der Waals surface area contributed by atoms with Crippen molar-refractivity contribution in [3.05, 3.63) is 39.8 Å². The van der Waals surface area contributed by atoms with Gasteiger partial charge >= 0.3 is 6.09 Å². The predicted octanol–water partition coefficient (Wildman–Crippen LogP) is 3.51. The predicted molar refractivity (Wildman–Crippen MR) is 152 cm³/mol. The van der Waals surface area contributed by atoms with Gasteiger partial charge in [-0.3, -0.25) is 29.4 Å². The summed E-state index contributed by atoms with van der Waals surface area (Å²) in [7, 11) is 0. The van der Waals surface area contributed by atoms with Gasteiger partial charge < -0.3 is 19.7 Å². The van der Waals surface area contributed by atoms with Crippen LogP contribution in [0.25, 0.3) is 10.4 Å². The molecule has 228 valence electrons. The number of hydrogen-bond acceptors (Lipinski definition) is 8. The largest absolute Gasteiger partial charge is 0.444 e. The van der Waals surface area contributed by atoms with Gasteiger partial charge in [0, 0.05) is 55.4 Å². The van der Waals surface area contributed by atoms with Gasteiger partial charge in [0.2, 0.25) is 17.7 Å². The Morgan fingerprint density at radius 3 is 2.60 bits per heavy atom. The summed E-state index contributed by atoms with van der Waals surface area (Å²) in [6.45, 7) is 7.00. The number of anilines is 1. The van der Waals surface area contributed by atoms with Crippen molar-refractivity contribution in [2.75, 3.05) is 38.2 Å². The van der Waals surface area contributed by atoms with Crippen molar-refractivity contribution < 1.29 is 33.4 Å². The van der Waals surface area contributed by atoms with Crippen LogP contribution in [0, 0.1) is 0 Å². The van der Waals surface area contributed by atoms with Crippen LogP contribution in [0.3, 0.4) is 0 Å². The SMILES string of the molecule is CC(C)(C)OC(=O)N(CCCCOCCCCN=[N+]=[N-])CC(=O)Nc1ccc2c(c1)CN(C1CCC(=O)NC1=O)C2=O. The molecule has 1 saturated heterocycles. The van der Waals surface area contributed by atoms with Gasteiger partial charge in [-0.2, -0.15) is 0 Å². The molecule has 0 spiro atoms. The summed E-state index contributed by atoms with van der Waals surface area (Å²) < 4.78 is 11.1. The highest BCUT2D eigenvalue weighted by atomic mass is 16.6. The fraction of sp³-hybridized carbons (Fsp3) is 0.607. The van der Waals surface area contributed by atoms with Crippen LogP contribution in [0.1, 0.15) is 75.2 Å². The monoisotopic (exact) mass is 585 g/mol. The molecule has 42 heavy (non-hydrogen) atoms. The quantitative estimate of drug-likeness (QED) is 0.110. The number of nitrogens with one attached hydrogen (secondary N) is 2. The average Bonchev–Trinajstić information content (AvgIpc) is 3.23. The molecular weight excluding hydrogens is 546 g/mol. The van der Waals surface area contributed by atoms with Crippen molar-refractivity contribution in [2.24, 2.45) is 5.11 Å². The molecule has 0 saturated carbocycles. The van der Waals surface area contributed by atoms with Gasteiger partial charge in [-0.25, -0.2) is 4.79 Å². The zero-order valence-corrected chi connectivity index (χ0v) is 24.4. The molecule has 1 aromatic carbocycles. The highest BCUT2D eigenvalue weighted by molar-refractivity contribution is 6.05. The molecule has 0 aliphatic carbocycles. The van der Waals surface area contributed by atoms with Crippen molar-refractivity contribution in [3.8, 4) is 0 Å². The van der Waals surface area contributed by atoms with Crippen molar-refractivity contribution in [1.82, 2.24) is 15.1 Å². The average molecular weight is 586 g/mol. The molecule has 14 heteroatoms. The lowest BCUT2D eigenvalue weighted by Crippen LogP contribution is -2.52. The van der Waals surface area contributed by atoms with Gasteiger partial charge in [0.05, 0.1) is 0 Å². The number of rotatable bonds is 14. The van der Waals surface area contributed by atoms with Gasteiger partial charge in [-0.15, -0.1) is 0 Å². The third-order valence-corrected chi connectivity index (χ3v) is 6.62. The molecule has 2 aliphatic rings. The van der Waals surface area contributed by atoms with Gasteiger partial charge in [0.1, 0.15) is 18.2 Å². The molecule has 2 aliphatic heterocycles. The Kier molecular flexibility index (Phi) is 11.7. The molecule has 0 aromatic heterocycles. The second kappa shape index (κ2) is 15.2. The fourth-order valence-corrected chi connectivity index (χ4v) is 4.63. The lowest BCUT2D eigenvalue weighted by molar-refractivity contribution is -0.137. The van der Waals surface area contributed by atoms with Crippen LogP contribution >= 0.6 is 0 Å². The van der Waals surface area contributed by atoms with Crippen LogP contribution < -0.4 is 10.6 Å². The van der Waals surface area contributed by atoms with Gasteiger partial charge in [0.25, 0.3) is 5.91 Å². The summed E-state index contributed by atoms with van der Waals surface area (Å²) in [5.74, 6) is -1.57. The maximum absolute atomic E-state index is 12.9. The molecule has 2 N–H and O–H groups in total. The molecule has 5 amide bonds. The minimum absolute atomic E-state index is 0.166. The summed E-state index contributed by atoms with van der Waals surface area (Å²) in [6, 6.07) is 4.16.